The van der Waals surface area contributed by atoms with Gasteiger partial charge in [-0.2, -0.15) is 5.10 Å². The Kier molecular flexibility index (Phi) is 5.57. The molecule has 6 heteroatoms. The number of hydrogen-bond donors (Lipinski definition) is 1. The zero-order valence-corrected chi connectivity index (χ0v) is 17.5. The van der Waals surface area contributed by atoms with Crippen LogP contribution in [-0.2, 0) is 6.42 Å². The van der Waals surface area contributed by atoms with Crippen LogP contribution in [-0.4, -0.2) is 33.9 Å². The van der Waals surface area contributed by atoms with E-state index >= 15 is 0 Å². The van der Waals surface area contributed by atoms with E-state index in [-0.39, 0.29) is 5.91 Å². The van der Waals surface area contributed by atoms with Crippen molar-refractivity contribution in [1.82, 2.24) is 19.7 Å². The van der Waals surface area contributed by atoms with Crippen molar-refractivity contribution in [2.45, 2.75) is 26.3 Å². The number of benzene rings is 2. The molecule has 2 aromatic carbocycles. The summed E-state index contributed by atoms with van der Waals surface area (Å²) in [7, 11) is 1.61. The van der Waals surface area contributed by atoms with Gasteiger partial charge in [-0.1, -0.05) is 18.2 Å². The first-order valence-corrected chi connectivity index (χ1v) is 10.1. The normalized spacial score (nSPS) is 11.2. The fourth-order valence-corrected chi connectivity index (χ4v) is 3.74. The molecular weight excluding hydrogens is 376 g/mol. The minimum atomic E-state index is -0.112. The molecule has 1 N–H and O–H groups in total. The summed E-state index contributed by atoms with van der Waals surface area (Å²) in [6.07, 6.45) is 6.49. The Morgan fingerprint density at radius 3 is 2.73 bits per heavy atom. The minimum Gasteiger partial charge on any atom is -0.494 e. The predicted octanol–water partition coefficient (Wildman–Crippen LogP) is 4.39. The van der Waals surface area contributed by atoms with Crippen molar-refractivity contribution in [3.8, 4) is 11.4 Å². The summed E-state index contributed by atoms with van der Waals surface area (Å²) in [5.41, 5.74) is 3.78. The molecule has 4 aromatic rings. The van der Waals surface area contributed by atoms with Crippen LogP contribution >= 0.6 is 0 Å². The van der Waals surface area contributed by atoms with E-state index < -0.39 is 0 Å². The minimum absolute atomic E-state index is 0.112. The first-order chi connectivity index (χ1) is 14.6. The van der Waals surface area contributed by atoms with Crippen LogP contribution in [0.3, 0.4) is 0 Å². The number of para-hydroxylation sites is 1. The van der Waals surface area contributed by atoms with E-state index in [1.807, 2.05) is 12.3 Å². The van der Waals surface area contributed by atoms with Crippen LogP contribution < -0.4 is 10.1 Å². The number of rotatable bonds is 7. The molecule has 0 radical (unpaired) electrons. The molecule has 0 saturated heterocycles. The van der Waals surface area contributed by atoms with E-state index in [2.05, 4.69) is 59.3 Å². The molecule has 30 heavy (non-hydrogen) atoms. The number of carbonyl (C=O) groups is 1. The van der Waals surface area contributed by atoms with Gasteiger partial charge in [-0.15, -0.1) is 0 Å². The summed E-state index contributed by atoms with van der Waals surface area (Å²) in [5.74, 6) is 0.551. The maximum absolute atomic E-state index is 12.7. The van der Waals surface area contributed by atoms with Crippen molar-refractivity contribution >= 4 is 16.8 Å². The number of aromatic nitrogens is 3. The molecule has 2 heterocycles. The second-order valence-electron chi connectivity index (χ2n) is 7.52. The van der Waals surface area contributed by atoms with Gasteiger partial charge >= 0.3 is 0 Å². The molecule has 6 nitrogen and oxygen atoms in total. The molecule has 0 aliphatic carbocycles. The smallest absolute Gasteiger partial charge is 0.251 e. The standard InChI is InChI=1S/C24H26N4O2/c1-17(2)27-16-19(20-7-4-5-8-21(20)27)11-13-25-24(29)18-9-10-23(30-3)22(15-18)28-14-6-12-26-28/h4-10,12,14-17H,11,13H2,1-3H3,(H,25,29). The van der Waals surface area contributed by atoms with E-state index in [0.29, 0.717) is 23.9 Å². The Balaban J connectivity index is 1.49. The molecule has 0 atom stereocenters. The van der Waals surface area contributed by atoms with Crippen LogP contribution in [0.1, 0.15) is 35.8 Å². The maximum atomic E-state index is 12.7. The van der Waals surface area contributed by atoms with Crippen molar-refractivity contribution in [3.63, 3.8) is 0 Å². The molecule has 0 spiro atoms. The topological polar surface area (TPSA) is 61.1 Å². The largest absolute Gasteiger partial charge is 0.494 e. The lowest BCUT2D eigenvalue weighted by Crippen LogP contribution is -2.25. The molecule has 4 rings (SSSR count). The van der Waals surface area contributed by atoms with E-state index in [4.69, 9.17) is 4.74 Å². The van der Waals surface area contributed by atoms with Gasteiger partial charge in [0.1, 0.15) is 11.4 Å². The van der Waals surface area contributed by atoms with Crippen molar-refractivity contribution in [1.29, 1.82) is 0 Å². The zero-order valence-electron chi connectivity index (χ0n) is 17.5. The Bertz CT molecular complexity index is 1160. The number of fused-ring (bicyclic) bond motifs is 1. The molecule has 0 unspecified atom stereocenters. The third-order valence-corrected chi connectivity index (χ3v) is 5.25. The average Bonchev–Trinajstić information content (AvgIpc) is 3.42. The number of nitrogens with one attached hydrogen (secondary N) is 1. The molecule has 0 saturated carbocycles. The molecule has 0 aliphatic heterocycles. The molecule has 154 valence electrons. The summed E-state index contributed by atoms with van der Waals surface area (Å²) in [4.78, 5) is 12.7. The number of hydrogen-bond acceptors (Lipinski definition) is 3. The predicted molar refractivity (Wildman–Crippen MR) is 118 cm³/mol. The van der Waals surface area contributed by atoms with Crippen LogP contribution in [0.2, 0.25) is 0 Å². The van der Waals surface area contributed by atoms with Gasteiger partial charge in [0.2, 0.25) is 0 Å². The molecule has 0 aliphatic rings. The number of carbonyl (C=O) groups excluding carboxylic acids is 1. The van der Waals surface area contributed by atoms with Gasteiger partial charge in [0.25, 0.3) is 5.91 Å². The molecular formula is C24H26N4O2. The first kappa shape index (κ1) is 19.8. The highest BCUT2D eigenvalue weighted by Gasteiger charge is 2.13. The lowest BCUT2D eigenvalue weighted by molar-refractivity contribution is 0.0954. The summed E-state index contributed by atoms with van der Waals surface area (Å²) >= 11 is 0. The summed E-state index contributed by atoms with van der Waals surface area (Å²) < 4.78 is 9.39. The Morgan fingerprint density at radius 1 is 1.17 bits per heavy atom. The number of ether oxygens (including phenoxy) is 1. The summed E-state index contributed by atoms with van der Waals surface area (Å²) in [6.45, 7) is 4.92. The van der Waals surface area contributed by atoms with Crippen LogP contribution in [0.15, 0.2) is 67.1 Å². The lowest BCUT2D eigenvalue weighted by Gasteiger charge is -2.11. The van der Waals surface area contributed by atoms with Crippen LogP contribution in [0, 0.1) is 0 Å². The zero-order chi connectivity index (χ0) is 21.1. The fourth-order valence-electron chi connectivity index (χ4n) is 3.74. The van der Waals surface area contributed by atoms with Gasteiger partial charge in [0.05, 0.1) is 7.11 Å². The van der Waals surface area contributed by atoms with Crippen LogP contribution in [0.5, 0.6) is 5.75 Å². The molecule has 2 aromatic heterocycles. The average molecular weight is 402 g/mol. The first-order valence-electron chi connectivity index (χ1n) is 10.1. The van der Waals surface area contributed by atoms with Gasteiger partial charge in [0, 0.05) is 47.6 Å². The highest BCUT2D eigenvalue weighted by molar-refractivity contribution is 5.95. The second-order valence-corrected chi connectivity index (χ2v) is 7.52. The Hall–Kier alpha value is -3.54. The van der Waals surface area contributed by atoms with Gasteiger partial charge in [-0.25, -0.2) is 4.68 Å². The number of amides is 1. The van der Waals surface area contributed by atoms with Gasteiger partial charge < -0.3 is 14.6 Å². The Labute approximate surface area is 176 Å². The highest BCUT2D eigenvalue weighted by Crippen LogP contribution is 2.25. The lowest BCUT2D eigenvalue weighted by atomic mass is 10.1. The van der Waals surface area contributed by atoms with Crippen molar-refractivity contribution in [3.05, 3.63) is 78.2 Å². The monoisotopic (exact) mass is 402 g/mol. The van der Waals surface area contributed by atoms with E-state index in [0.717, 1.165) is 12.1 Å². The van der Waals surface area contributed by atoms with E-state index in [9.17, 15) is 4.79 Å². The van der Waals surface area contributed by atoms with Crippen molar-refractivity contribution in [2.24, 2.45) is 0 Å². The van der Waals surface area contributed by atoms with Crippen LogP contribution in [0.25, 0.3) is 16.6 Å². The quantitative estimate of drug-likeness (QED) is 0.499. The number of methoxy groups -OCH3 is 1. The number of nitrogens with zero attached hydrogens (tertiary/aromatic N) is 3. The van der Waals surface area contributed by atoms with Gasteiger partial charge in [-0.05, 0) is 56.2 Å². The van der Waals surface area contributed by atoms with Crippen LogP contribution in [0.4, 0.5) is 0 Å². The van der Waals surface area contributed by atoms with Crippen molar-refractivity contribution in [2.75, 3.05) is 13.7 Å². The fraction of sp³-hybridized carbons (Fsp3) is 0.250. The summed E-state index contributed by atoms with van der Waals surface area (Å²) in [5, 5.41) is 8.53. The van der Waals surface area contributed by atoms with E-state index in [1.165, 1.54) is 16.5 Å². The Morgan fingerprint density at radius 2 is 2.00 bits per heavy atom. The highest BCUT2D eigenvalue weighted by atomic mass is 16.5. The third-order valence-electron chi connectivity index (χ3n) is 5.25. The molecule has 1 amide bonds. The van der Waals surface area contributed by atoms with E-state index in [1.54, 1.807) is 36.2 Å². The third kappa shape index (κ3) is 3.81. The summed E-state index contributed by atoms with van der Waals surface area (Å²) in [6, 6.07) is 16.0. The molecule has 0 fully saturated rings. The van der Waals surface area contributed by atoms with Gasteiger partial charge in [-0.3, -0.25) is 4.79 Å². The second kappa shape index (κ2) is 8.45. The SMILES string of the molecule is COc1ccc(C(=O)NCCc2cn(C(C)C)c3ccccc23)cc1-n1cccn1. The maximum Gasteiger partial charge on any atom is 0.251 e. The molecule has 0 bridgehead atoms. The van der Waals surface area contributed by atoms with Gasteiger partial charge in [0.15, 0.2) is 0 Å². The van der Waals surface area contributed by atoms with Crippen molar-refractivity contribution < 1.29 is 9.53 Å².